The second-order valence-electron chi connectivity index (χ2n) is 3.57. The Hall–Kier alpha value is -1.15. The Morgan fingerprint density at radius 1 is 1.27 bits per heavy atom. The lowest BCUT2D eigenvalue weighted by Crippen LogP contribution is -2.38. The van der Waals surface area contributed by atoms with Crippen LogP contribution in [0, 0.1) is 0 Å². The first kappa shape index (κ1) is 13.8. The Balaban J connectivity index is 4.44. The van der Waals surface area contributed by atoms with Gasteiger partial charge in [0, 0.05) is 12.8 Å². The van der Waals surface area contributed by atoms with Crippen molar-refractivity contribution in [2.24, 2.45) is 0 Å². The summed E-state index contributed by atoms with van der Waals surface area (Å²) < 4.78 is 5.50. The van der Waals surface area contributed by atoms with Crippen LogP contribution in [0.4, 0.5) is 0 Å². The third-order valence-electron chi connectivity index (χ3n) is 2.22. The highest BCUT2D eigenvalue weighted by Crippen LogP contribution is 2.20. The van der Waals surface area contributed by atoms with Gasteiger partial charge in [0.2, 0.25) is 0 Å². The molecule has 1 unspecified atom stereocenters. The maximum atomic E-state index is 11.9. The van der Waals surface area contributed by atoms with E-state index in [1.54, 1.807) is 25.2 Å². The summed E-state index contributed by atoms with van der Waals surface area (Å²) in [6.07, 6.45) is 6.75. The lowest BCUT2D eigenvalue weighted by atomic mass is 9.93. The molecule has 2 nitrogen and oxygen atoms in total. The molecule has 0 fully saturated rings. The molecule has 0 aliphatic carbocycles. The molecule has 0 spiro atoms. The zero-order valence-electron chi connectivity index (χ0n) is 9.50. The lowest BCUT2D eigenvalue weighted by Gasteiger charge is -2.26. The Kier molecular flexibility index (Phi) is 6.63. The molecule has 0 saturated heterocycles. The number of ketones is 1. The third kappa shape index (κ3) is 4.75. The summed E-state index contributed by atoms with van der Waals surface area (Å²) in [6, 6.07) is 0. The molecule has 2 heteroatoms. The van der Waals surface area contributed by atoms with E-state index >= 15 is 0 Å². The molecular weight excluding hydrogens is 188 g/mol. The monoisotopic (exact) mass is 208 g/mol. The van der Waals surface area contributed by atoms with E-state index in [-0.39, 0.29) is 5.78 Å². The van der Waals surface area contributed by atoms with Gasteiger partial charge in [0.1, 0.15) is 5.60 Å². The van der Waals surface area contributed by atoms with Gasteiger partial charge in [-0.3, -0.25) is 4.79 Å². The minimum Gasteiger partial charge on any atom is -0.363 e. The Morgan fingerprint density at radius 3 is 2.40 bits per heavy atom. The highest BCUT2D eigenvalue weighted by atomic mass is 16.5. The Labute approximate surface area is 92.3 Å². The van der Waals surface area contributed by atoms with Crippen molar-refractivity contribution < 1.29 is 9.53 Å². The van der Waals surface area contributed by atoms with Crippen molar-refractivity contribution in [2.45, 2.75) is 31.8 Å². The number of Topliss-reactive ketones (excluding diaryl/α,β-unsaturated/α-hetero) is 1. The van der Waals surface area contributed by atoms with Crippen LogP contribution in [0.3, 0.4) is 0 Å². The molecule has 1 atom stereocenters. The quantitative estimate of drug-likeness (QED) is 0.544. The number of carbonyl (C=O) groups excluding carboxylic acids is 1. The van der Waals surface area contributed by atoms with E-state index in [0.29, 0.717) is 25.9 Å². The van der Waals surface area contributed by atoms with Gasteiger partial charge in [-0.25, -0.2) is 0 Å². The number of carbonyl (C=O) groups is 1. The molecule has 0 radical (unpaired) electrons. The summed E-state index contributed by atoms with van der Waals surface area (Å²) in [5, 5.41) is 0. The molecule has 0 aromatic rings. The second kappa shape index (κ2) is 7.18. The lowest BCUT2D eigenvalue weighted by molar-refractivity contribution is -0.140. The highest BCUT2D eigenvalue weighted by molar-refractivity contribution is 5.87. The number of hydrogen-bond donors (Lipinski definition) is 0. The van der Waals surface area contributed by atoms with Crippen LogP contribution in [0.25, 0.3) is 0 Å². The fourth-order valence-corrected chi connectivity index (χ4v) is 1.27. The van der Waals surface area contributed by atoms with Crippen molar-refractivity contribution >= 4 is 5.78 Å². The van der Waals surface area contributed by atoms with Crippen molar-refractivity contribution in [1.82, 2.24) is 0 Å². The summed E-state index contributed by atoms with van der Waals surface area (Å²) in [6.45, 7) is 13.0. The Bertz CT molecular complexity index is 243. The standard InChI is InChI=1S/C13H20O2/c1-5-8-9-12(14)13(4,10-6-2)15-11-7-3/h5-7H,1-3,8-11H2,4H3. The van der Waals surface area contributed by atoms with Crippen molar-refractivity contribution in [1.29, 1.82) is 0 Å². The molecule has 0 heterocycles. The highest BCUT2D eigenvalue weighted by Gasteiger charge is 2.31. The molecular formula is C13H20O2. The van der Waals surface area contributed by atoms with Gasteiger partial charge in [0.25, 0.3) is 0 Å². The van der Waals surface area contributed by atoms with Gasteiger partial charge in [-0.05, 0) is 13.3 Å². The van der Waals surface area contributed by atoms with Gasteiger partial charge in [0.15, 0.2) is 5.78 Å². The number of allylic oxidation sites excluding steroid dienone is 1. The molecule has 0 N–H and O–H groups in total. The smallest absolute Gasteiger partial charge is 0.164 e. The predicted molar refractivity (Wildman–Crippen MR) is 63.8 cm³/mol. The molecule has 84 valence electrons. The molecule has 0 rings (SSSR count). The molecule has 0 aromatic heterocycles. The molecule has 0 bridgehead atoms. The van der Waals surface area contributed by atoms with Crippen LogP contribution >= 0.6 is 0 Å². The molecule has 15 heavy (non-hydrogen) atoms. The average Bonchev–Trinajstić information content (AvgIpc) is 2.23. The van der Waals surface area contributed by atoms with E-state index in [1.807, 2.05) is 0 Å². The van der Waals surface area contributed by atoms with Crippen molar-refractivity contribution in [2.75, 3.05) is 6.61 Å². The minimum atomic E-state index is -0.765. The molecule has 0 saturated carbocycles. The van der Waals surface area contributed by atoms with Crippen LogP contribution in [0.1, 0.15) is 26.2 Å². The second-order valence-corrected chi connectivity index (χ2v) is 3.57. The van der Waals surface area contributed by atoms with Crippen molar-refractivity contribution in [3.05, 3.63) is 38.0 Å². The first-order valence-electron chi connectivity index (χ1n) is 5.10. The van der Waals surface area contributed by atoms with Crippen molar-refractivity contribution in [3.8, 4) is 0 Å². The fraction of sp³-hybridized carbons (Fsp3) is 0.462. The van der Waals surface area contributed by atoms with Crippen LogP contribution in [0.15, 0.2) is 38.0 Å². The maximum absolute atomic E-state index is 11.9. The average molecular weight is 208 g/mol. The number of ether oxygens (including phenoxy) is 1. The van der Waals surface area contributed by atoms with E-state index in [0.717, 1.165) is 0 Å². The molecule has 0 amide bonds. The summed E-state index contributed by atoms with van der Waals surface area (Å²) in [5.74, 6) is 0.0872. The van der Waals surface area contributed by atoms with Crippen LogP contribution in [-0.4, -0.2) is 18.0 Å². The van der Waals surface area contributed by atoms with E-state index < -0.39 is 5.60 Å². The van der Waals surface area contributed by atoms with Crippen molar-refractivity contribution in [3.63, 3.8) is 0 Å². The molecule has 0 aromatic carbocycles. The van der Waals surface area contributed by atoms with Gasteiger partial charge in [0.05, 0.1) is 6.61 Å². The topological polar surface area (TPSA) is 26.3 Å². The summed E-state index contributed by atoms with van der Waals surface area (Å²) in [5.41, 5.74) is -0.765. The first-order chi connectivity index (χ1) is 7.10. The van der Waals surface area contributed by atoms with Gasteiger partial charge in [-0.2, -0.15) is 0 Å². The van der Waals surface area contributed by atoms with Gasteiger partial charge in [-0.15, -0.1) is 19.7 Å². The molecule has 0 aliphatic heterocycles. The minimum absolute atomic E-state index is 0.0872. The molecule has 0 aliphatic rings. The summed E-state index contributed by atoms with van der Waals surface area (Å²) >= 11 is 0. The largest absolute Gasteiger partial charge is 0.363 e. The normalized spacial score (nSPS) is 13.9. The van der Waals surface area contributed by atoms with Gasteiger partial charge >= 0.3 is 0 Å². The van der Waals surface area contributed by atoms with Gasteiger partial charge in [-0.1, -0.05) is 18.2 Å². The third-order valence-corrected chi connectivity index (χ3v) is 2.22. The van der Waals surface area contributed by atoms with E-state index in [2.05, 4.69) is 19.7 Å². The predicted octanol–water partition coefficient (Wildman–Crippen LogP) is 3.06. The van der Waals surface area contributed by atoms with E-state index in [4.69, 9.17) is 4.74 Å². The SMILES string of the molecule is C=CCCC(=O)C(C)(CC=C)OCC=C. The van der Waals surface area contributed by atoms with Crippen LogP contribution in [-0.2, 0) is 9.53 Å². The van der Waals surface area contributed by atoms with E-state index in [9.17, 15) is 4.79 Å². The fourth-order valence-electron chi connectivity index (χ4n) is 1.27. The zero-order valence-corrected chi connectivity index (χ0v) is 9.50. The number of hydrogen-bond acceptors (Lipinski definition) is 2. The van der Waals surface area contributed by atoms with Crippen LogP contribution < -0.4 is 0 Å². The summed E-state index contributed by atoms with van der Waals surface area (Å²) in [7, 11) is 0. The summed E-state index contributed by atoms with van der Waals surface area (Å²) in [4.78, 5) is 11.9. The van der Waals surface area contributed by atoms with Gasteiger partial charge < -0.3 is 4.74 Å². The maximum Gasteiger partial charge on any atom is 0.164 e. The first-order valence-corrected chi connectivity index (χ1v) is 5.10. The Morgan fingerprint density at radius 2 is 1.93 bits per heavy atom. The van der Waals surface area contributed by atoms with Crippen LogP contribution in [0.2, 0.25) is 0 Å². The van der Waals surface area contributed by atoms with E-state index in [1.165, 1.54) is 0 Å². The zero-order chi connectivity index (χ0) is 11.7. The van der Waals surface area contributed by atoms with Crippen LogP contribution in [0.5, 0.6) is 0 Å². The number of rotatable bonds is 9.